The molecule has 1 atom stereocenters. The highest BCUT2D eigenvalue weighted by Crippen LogP contribution is 2.31. The number of carbonyl (C=O) groups excluding carboxylic acids is 2. The number of hydrogen-bond acceptors (Lipinski definition) is 9. The molecule has 1 unspecified atom stereocenters. The number of rotatable bonds is 5. The molecule has 1 aliphatic rings. The minimum atomic E-state index is -1.61. The van der Waals surface area contributed by atoms with E-state index in [2.05, 4.69) is 27.2 Å². The molecule has 0 amide bonds. The Morgan fingerprint density at radius 1 is 1.27 bits per heavy atom. The van der Waals surface area contributed by atoms with Gasteiger partial charge >= 0.3 is 11.9 Å². The number of halogens is 1. The van der Waals surface area contributed by atoms with Gasteiger partial charge in [-0.25, -0.2) is 9.59 Å². The minimum absolute atomic E-state index is 0. The van der Waals surface area contributed by atoms with Crippen LogP contribution < -0.4 is 10.1 Å². The smallest absolute Gasteiger partial charge is 0.337 e. The van der Waals surface area contributed by atoms with Gasteiger partial charge in [-0.2, -0.15) is 4.52 Å². The van der Waals surface area contributed by atoms with Crippen molar-refractivity contribution in [1.82, 2.24) is 25.1 Å². The number of ether oxygens (including phenoxy) is 3. The van der Waals surface area contributed by atoms with Crippen molar-refractivity contribution in [2.45, 2.75) is 18.1 Å². The third kappa shape index (κ3) is 3.33. The van der Waals surface area contributed by atoms with Crippen molar-refractivity contribution in [2.24, 2.45) is 0 Å². The van der Waals surface area contributed by atoms with Gasteiger partial charge in [0.2, 0.25) is 11.4 Å². The van der Waals surface area contributed by atoms with Crippen LogP contribution in [0.25, 0.3) is 22.5 Å². The summed E-state index contributed by atoms with van der Waals surface area (Å²) in [5.41, 5.74) is -0.114. The molecule has 2 aromatic heterocycles. The Bertz CT molecular complexity index is 1120. The van der Waals surface area contributed by atoms with Gasteiger partial charge in [-0.1, -0.05) is 18.7 Å². The average Bonchev–Trinajstić information content (AvgIpc) is 3.40. The van der Waals surface area contributed by atoms with Crippen LogP contribution in [0.5, 0.6) is 5.88 Å². The minimum Gasteiger partial charge on any atom is -0.471 e. The summed E-state index contributed by atoms with van der Waals surface area (Å²) < 4.78 is 17.2. The lowest BCUT2D eigenvalue weighted by Crippen LogP contribution is -2.55. The molecule has 10 nitrogen and oxygen atoms in total. The van der Waals surface area contributed by atoms with Gasteiger partial charge in [-0.3, -0.25) is 5.32 Å². The summed E-state index contributed by atoms with van der Waals surface area (Å²) in [7, 11) is 2.43. The highest BCUT2D eigenvalue weighted by Gasteiger charge is 2.54. The van der Waals surface area contributed by atoms with Crippen LogP contribution in [0.4, 0.5) is 0 Å². The van der Waals surface area contributed by atoms with Crippen molar-refractivity contribution in [3.05, 3.63) is 36.7 Å². The van der Waals surface area contributed by atoms with Gasteiger partial charge < -0.3 is 14.2 Å². The van der Waals surface area contributed by atoms with Gasteiger partial charge in [0.1, 0.15) is 12.4 Å². The number of nitrogens with zero attached hydrogens (tertiary/aromatic N) is 4. The van der Waals surface area contributed by atoms with E-state index in [9.17, 15) is 9.59 Å². The summed E-state index contributed by atoms with van der Waals surface area (Å²) in [5.74, 6) is -1.11. The van der Waals surface area contributed by atoms with Crippen molar-refractivity contribution in [2.75, 3.05) is 20.8 Å². The predicted octanol–water partition coefficient (Wildman–Crippen LogP) is 1.17. The van der Waals surface area contributed by atoms with E-state index in [0.717, 1.165) is 16.3 Å². The summed E-state index contributed by atoms with van der Waals surface area (Å²) >= 11 is 0. The standard InChI is InChI=1S/C19H19N5O5.ClH/c1-4-11-5-6-13-14(7-11)15-22-21-10-24(15)23-16(13)29-12-8-19(20-9-12,17(25)27-2)18(26)28-3;/h4-7,10,12,20H,1,8-9H2,2-3H3;1H. The highest BCUT2D eigenvalue weighted by atomic mass is 35.5. The molecule has 30 heavy (non-hydrogen) atoms. The number of fused-ring (bicyclic) bond motifs is 3. The molecule has 3 aromatic rings. The number of esters is 2. The number of aromatic nitrogens is 4. The van der Waals surface area contributed by atoms with Crippen molar-refractivity contribution in [3.63, 3.8) is 0 Å². The molecule has 0 radical (unpaired) electrons. The number of carbonyl (C=O) groups is 2. The number of hydrogen-bond donors (Lipinski definition) is 1. The molecule has 11 heteroatoms. The zero-order valence-corrected chi connectivity index (χ0v) is 17.1. The van der Waals surface area contributed by atoms with E-state index in [0.29, 0.717) is 11.5 Å². The average molecular weight is 434 g/mol. The Labute approximate surface area is 177 Å². The molecule has 0 spiro atoms. The Hall–Kier alpha value is -3.24. The van der Waals surface area contributed by atoms with Crippen LogP contribution in [0.1, 0.15) is 12.0 Å². The van der Waals surface area contributed by atoms with E-state index in [-0.39, 0.29) is 25.4 Å². The lowest BCUT2D eigenvalue weighted by atomic mass is 9.97. The Kier molecular flexibility index (Phi) is 5.90. The molecule has 4 rings (SSSR count). The third-order valence-electron chi connectivity index (χ3n) is 4.99. The van der Waals surface area contributed by atoms with Crippen LogP contribution in [0.3, 0.4) is 0 Å². The van der Waals surface area contributed by atoms with Crippen LogP contribution in [-0.2, 0) is 19.1 Å². The zero-order chi connectivity index (χ0) is 20.6. The fraction of sp³-hybridized carbons (Fsp3) is 0.316. The summed E-state index contributed by atoms with van der Waals surface area (Å²) in [6.07, 6.45) is 2.73. The third-order valence-corrected chi connectivity index (χ3v) is 4.99. The maximum atomic E-state index is 12.3. The lowest BCUT2D eigenvalue weighted by Gasteiger charge is -2.23. The first-order chi connectivity index (χ1) is 14.0. The second-order valence-electron chi connectivity index (χ2n) is 6.63. The molecule has 0 bridgehead atoms. The van der Waals surface area contributed by atoms with E-state index in [1.165, 1.54) is 25.1 Å². The maximum absolute atomic E-state index is 12.3. The molecule has 0 saturated carbocycles. The first-order valence-corrected chi connectivity index (χ1v) is 8.87. The van der Waals surface area contributed by atoms with Crippen LogP contribution in [-0.4, -0.2) is 64.2 Å². The van der Waals surface area contributed by atoms with E-state index >= 15 is 0 Å². The quantitative estimate of drug-likeness (QED) is 0.467. The molecule has 1 aromatic carbocycles. The van der Waals surface area contributed by atoms with Gasteiger partial charge in [0.25, 0.3) is 0 Å². The van der Waals surface area contributed by atoms with Gasteiger partial charge in [0.05, 0.1) is 14.2 Å². The summed E-state index contributed by atoms with van der Waals surface area (Å²) in [5, 5.41) is 16.9. The molecule has 1 saturated heterocycles. The van der Waals surface area contributed by atoms with Gasteiger partial charge in [0, 0.05) is 23.7 Å². The Morgan fingerprint density at radius 3 is 2.67 bits per heavy atom. The lowest BCUT2D eigenvalue weighted by molar-refractivity contribution is -0.162. The molecule has 3 heterocycles. The fourth-order valence-electron chi connectivity index (χ4n) is 3.54. The van der Waals surface area contributed by atoms with Crippen LogP contribution in [0, 0.1) is 0 Å². The van der Waals surface area contributed by atoms with Crippen molar-refractivity contribution < 1.29 is 23.8 Å². The number of methoxy groups -OCH3 is 2. The van der Waals surface area contributed by atoms with Crippen LogP contribution in [0.15, 0.2) is 31.1 Å². The molecule has 1 aliphatic heterocycles. The monoisotopic (exact) mass is 433 g/mol. The molecular weight excluding hydrogens is 414 g/mol. The van der Waals surface area contributed by atoms with Crippen LogP contribution in [0.2, 0.25) is 0 Å². The van der Waals surface area contributed by atoms with E-state index in [1.807, 2.05) is 18.2 Å². The molecule has 1 N–H and O–H groups in total. The van der Waals surface area contributed by atoms with Gasteiger partial charge in [0.15, 0.2) is 5.65 Å². The van der Waals surface area contributed by atoms with Crippen LogP contribution >= 0.6 is 12.4 Å². The number of benzene rings is 1. The summed E-state index contributed by atoms with van der Waals surface area (Å²) in [4.78, 5) is 24.5. The molecule has 1 fully saturated rings. The van der Waals surface area contributed by atoms with Crippen molar-refractivity contribution in [1.29, 1.82) is 0 Å². The highest BCUT2D eigenvalue weighted by molar-refractivity contribution is 6.05. The fourth-order valence-corrected chi connectivity index (χ4v) is 3.54. The van der Waals surface area contributed by atoms with E-state index < -0.39 is 23.6 Å². The normalized spacial score (nSPS) is 17.3. The predicted molar refractivity (Wildman–Crippen MR) is 109 cm³/mol. The first-order valence-electron chi connectivity index (χ1n) is 8.87. The molecular formula is C19H20ClN5O5. The SMILES string of the molecule is C=Cc1ccc2c(OC3CNC(C(=O)OC)(C(=O)OC)C3)nn3cnnc3c2c1.Cl. The van der Waals surface area contributed by atoms with E-state index in [1.54, 1.807) is 6.08 Å². The zero-order valence-electron chi connectivity index (χ0n) is 16.3. The largest absolute Gasteiger partial charge is 0.471 e. The van der Waals surface area contributed by atoms with Gasteiger partial charge in [-0.15, -0.1) is 27.7 Å². The Morgan fingerprint density at radius 2 is 2.00 bits per heavy atom. The Balaban J connectivity index is 0.00000256. The molecule has 158 valence electrons. The number of nitrogens with one attached hydrogen (secondary N) is 1. The second-order valence-corrected chi connectivity index (χ2v) is 6.63. The van der Waals surface area contributed by atoms with Crippen molar-refractivity contribution in [3.8, 4) is 5.88 Å². The topological polar surface area (TPSA) is 117 Å². The second kappa shape index (κ2) is 8.25. The summed E-state index contributed by atoms with van der Waals surface area (Å²) in [6.45, 7) is 4.03. The molecule has 0 aliphatic carbocycles. The van der Waals surface area contributed by atoms with E-state index in [4.69, 9.17) is 14.2 Å². The maximum Gasteiger partial charge on any atom is 0.337 e. The van der Waals surface area contributed by atoms with Gasteiger partial charge in [-0.05, 0) is 17.7 Å². The first kappa shape index (κ1) is 21.5. The van der Waals surface area contributed by atoms with Crippen molar-refractivity contribution >= 4 is 46.8 Å². The summed E-state index contributed by atoms with van der Waals surface area (Å²) in [6, 6.07) is 5.66.